The molecule has 0 aliphatic rings. The van der Waals surface area contributed by atoms with Crippen molar-refractivity contribution in [2.24, 2.45) is 0 Å². The van der Waals surface area contributed by atoms with Gasteiger partial charge in [-0.1, -0.05) is 164 Å². The van der Waals surface area contributed by atoms with Gasteiger partial charge in [-0.2, -0.15) is 0 Å². The third-order valence-electron chi connectivity index (χ3n) is 9.66. The third kappa shape index (κ3) is 16.2. The summed E-state index contributed by atoms with van der Waals surface area (Å²) < 4.78 is 23.4. The van der Waals surface area contributed by atoms with Gasteiger partial charge in [-0.25, -0.2) is 0 Å². The summed E-state index contributed by atoms with van der Waals surface area (Å²) in [6, 6.07) is 24.4. The average Bonchev–Trinajstić information content (AvgIpc) is 3.05. The number of rotatable bonds is 9. The van der Waals surface area contributed by atoms with E-state index in [2.05, 4.69) is 147 Å². The first-order valence-corrected chi connectivity index (χ1v) is 22.5. The Morgan fingerprint density at radius 2 is 0.814 bits per heavy atom. The third-order valence-corrected chi connectivity index (χ3v) is 11.1. The molecule has 0 spiro atoms. The van der Waals surface area contributed by atoms with Crippen LogP contribution in [0.3, 0.4) is 0 Å². The van der Waals surface area contributed by atoms with Gasteiger partial charge in [0.05, 0.1) is 0 Å². The molecule has 0 fully saturated rings. The molecule has 4 aromatic rings. The van der Waals surface area contributed by atoms with Gasteiger partial charge in [0, 0.05) is 49.4 Å². The summed E-state index contributed by atoms with van der Waals surface area (Å²) in [5, 5.41) is 0. The second-order valence-corrected chi connectivity index (χ2v) is 22.4. The van der Waals surface area contributed by atoms with Gasteiger partial charge in [0.15, 0.2) is 0 Å². The Morgan fingerprint density at radius 1 is 0.458 bits per heavy atom. The van der Waals surface area contributed by atoms with Crippen molar-refractivity contribution in [2.45, 2.75) is 159 Å². The Balaban J connectivity index is 0.000000400. The topological polar surface area (TPSA) is 77.4 Å². The second-order valence-electron chi connectivity index (χ2n) is 20.8. The molecule has 4 aromatic carbocycles. The van der Waals surface area contributed by atoms with Crippen LogP contribution < -0.4 is 18.1 Å². The van der Waals surface area contributed by atoms with E-state index in [1.807, 2.05) is 63.2 Å². The molecule has 0 aliphatic heterocycles. The van der Waals surface area contributed by atoms with Crippen molar-refractivity contribution in [3.05, 3.63) is 123 Å². The van der Waals surface area contributed by atoms with Gasteiger partial charge in [0.2, 0.25) is 0 Å². The summed E-state index contributed by atoms with van der Waals surface area (Å²) >= 11 is 0. The largest absolute Gasteiger partial charge is 0.460 e. The van der Waals surface area contributed by atoms with Crippen molar-refractivity contribution in [3.63, 3.8) is 0 Å². The SMILES string of the molecule is CC(C)=Cc1cc(C(C)(C)C)ccc1OP(O)Oc1ccc(C)cc1C(C)(C)C.Cc1cc(C(C)(C)C)ccc1OP(O)Oc1ccc(C(C)(C)C)cc1C(C)(C)C.[Y]. The molecule has 1 radical (unpaired) electrons. The fourth-order valence-corrected chi connectivity index (χ4v) is 7.52. The van der Waals surface area contributed by atoms with E-state index >= 15 is 0 Å². The summed E-state index contributed by atoms with van der Waals surface area (Å²) in [5.74, 6) is 2.60. The Hall–Kier alpha value is -2.30. The van der Waals surface area contributed by atoms with Crippen molar-refractivity contribution in [1.82, 2.24) is 0 Å². The average molecular weight is 920 g/mol. The fourth-order valence-electron chi connectivity index (χ4n) is 6.09. The Morgan fingerprint density at radius 3 is 1.24 bits per heavy atom. The predicted molar refractivity (Wildman–Crippen MR) is 249 cm³/mol. The summed E-state index contributed by atoms with van der Waals surface area (Å²) in [6.07, 6.45) is 2.07. The molecule has 0 bridgehead atoms. The van der Waals surface area contributed by atoms with Crippen LogP contribution in [-0.4, -0.2) is 9.79 Å². The first-order chi connectivity index (χ1) is 26.4. The van der Waals surface area contributed by atoms with Crippen LogP contribution in [-0.2, 0) is 59.8 Å². The number of allylic oxidation sites excluding steroid dienone is 1. The minimum absolute atomic E-state index is 0. The van der Waals surface area contributed by atoms with Gasteiger partial charge in [-0.15, -0.1) is 0 Å². The standard InChI is InChI=1S/C25H37O3P.C25H35O3P.Y/c1-17-15-18(23(2,3)4)11-13-21(17)27-29(26)28-22-14-12-19(24(5,6)7)16-20(22)25(8,9)10;1-17(2)14-19-16-20(24(4,5)6)11-13-22(19)27-29(26)28-23-12-10-18(3)15-21(23)25(7,8)9;/h11-16,26H,1-10H3;10-16,26H,1-9H3;. The van der Waals surface area contributed by atoms with Crippen molar-refractivity contribution < 1.29 is 60.6 Å². The zero-order valence-corrected chi connectivity index (χ0v) is 44.1. The first kappa shape index (κ1) is 52.8. The van der Waals surface area contributed by atoms with Gasteiger partial charge in [0.1, 0.15) is 23.0 Å². The van der Waals surface area contributed by atoms with E-state index in [1.54, 1.807) is 0 Å². The molecule has 0 heterocycles. The first-order valence-electron chi connectivity index (χ1n) is 20.2. The van der Waals surface area contributed by atoms with Crippen LogP contribution in [0.25, 0.3) is 6.08 Å². The molecule has 0 saturated carbocycles. The maximum Gasteiger partial charge on any atom is 0.460 e. The van der Waals surface area contributed by atoms with Gasteiger partial charge in [-0.05, 0) is 107 Å². The van der Waals surface area contributed by atoms with E-state index in [-0.39, 0.29) is 59.8 Å². The van der Waals surface area contributed by atoms with Crippen molar-refractivity contribution in [3.8, 4) is 23.0 Å². The summed E-state index contributed by atoms with van der Waals surface area (Å²) in [7, 11) is -4.20. The number of hydrogen-bond donors (Lipinski definition) is 2. The smallest absolute Gasteiger partial charge is 0.418 e. The summed E-state index contributed by atoms with van der Waals surface area (Å²) in [5.41, 5.74) is 10.0. The molecule has 2 N–H and O–H groups in total. The van der Waals surface area contributed by atoms with E-state index in [0.717, 1.165) is 33.4 Å². The zero-order valence-electron chi connectivity index (χ0n) is 39.5. The molecule has 4 rings (SSSR count). The molecule has 321 valence electrons. The van der Waals surface area contributed by atoms with E-state index in [4.69, 9.17) is 18.1 Å². The van der Waals surface area contributed by atoms with E-state index in [0.29, 0.717) is 23.0 Å². The monoisotopic (exact) mass is 919 g/mol. The van der Waals surface area contributed by atoms with Gasteiger partial charge in [-0.3, -0.25) is 0 Å². The molecule has 2 atom stereocenters. The Kier molecular flexibility index (Phi) is 18.6. The van der Waals surface area contributed by atoms with Gasteiger partial charge < -0.3 is 27.9 Å². The van der Waals surface area contributed by atoms with Gasteiger partial charge in [0.25, 0.3) is 0 Å². The minimum Gasteiger partial charge on any atom is -0.418 e. The maximum absolute atomic E-state index is 10.6. The normalized spacial score (nSPS) is 13.2. The van der Waals surface area contributed by atoms with Crippen LogP contribution in [0.5, 0.6) is 23.0 Å². The molecule has 6 nitrogen and oxygen atoms in total. The number of benzene rings is 4. The zero-order chi connectivity index (χ0) is 44.2. The second kappa shape index (κ2) is 20.7. The molecule has 59 heavy (non-hydrogen) atoms. The summed E-state index contributed by atoms with van der Waals surface area (Å²) in [4.78, 5) is 21.2. The molecule has 9 heteroatoms. The van der Waals surface area contributed by atoms with Crippen LogP contribution in [0.1, 0.15) is 162 Å². The molecule has 0 saturated heterocycles. The van der Waals surface area contributed by atoms with Crippen LogP contribution in [0.4, 0.5) is 0 Å². The molecule has 0 amide bonds. The molecular formula is C50H72O6P2Y. The molecule has 0 aromatic heterocycles. The van der Waals surface area contributed by atoms with Gasteiger partial charge >= 0.3 is 17.2 Å². The Labute approximate surface area is 385 Å². The van der Waals surface area contributed by atoms with Crippen LogP contribution in [0, 0.1) is 13.8 Å². The van der Waals surface area contributed by atoms with E-state index < -0.39 is 17.2 Å². The Bertz CT molecular complexity index is 2040. The van der Waals surface area contributed by atoms with Crippen LogP contribution in [0.2, 0.25) is 0 Å². The maximum atomic E-state index is 10.6. The fraction of sp³-hybridized carbons (Fsp3) is 0.480. The van der Waals surface area contributed by atoms with Crippen molar-refractivity contribution >= 4 is 23.3 Å². The van der Waals surface area contributed by atoms with E-state index in [1.165, 1.54) is 16.7 Å². The van der Waals surface area contributed by atoms with Crippen molar-refractivity contribution in [2.75, 3.05) is 0 Å². The predicted octanol–water partition coefficient (Wildman–Crippen LogP) is 15.3. The van der Waals surface area contributed by atoms with Crippen LogP contribution in [0.15, 0.2) is 78.4 Å². The molecule has 0 aliphatic carbocycles. The number of hydrogen-bond acceptors (Lipinski definition) is 6. The van der Waals surface area contributed by atoms with Crippen molar-refractivity contribution in [1.29, 1.82) is 0 Å². The van der Waals surface area contributed by atoms with E-state index in [9.17, 15) is 9.79 Å². The summed E-state index contributed by atoms with van der Waals surface area (Å²) in [6.45, 7) is 40.7. The minimum atomic E-state index is -2.11. The van der Waals surface area contributed by atoms with Crippen LogP contribution >= 0.6 is 17.2 Å². The number of aryl methyl sites for hydroxylation is 2. The molecule has 2 unspecified atom stereocenters. The molecular weight excluding hydrogens is 847 g/mol. The quantitative estimate of drug-likeness (QED) is 0.163.